The smallest absolute Gasteiger partial charge is 0.0921 e. The third-order valence-electron chi connectivity index (χ3n) is 2.20. The predicted molar refractivity (Wildman–Crippen MR) is 44.2 cm³/mol. The summed E-state index contributed by atoms with van der Waals surface area (Å²) in [6, 6.07) is 0. The topological polar surface area (TPSA) is 28.7 Å². The van der Waals surface area contributed by atoms with E-state index in [1.807, 2.05) is 6.20 Å². The lowest BCUT2D eigenvalue weighted by Gasteiger charge is -1.88. The van der Waals surface area contributed by atoms with Gasteiger partial charge in [-0.05, 0) is 19.3 Å². The van der Waals surface area contributed by atoms with Crippen molar-refractivity contribution in [3.63, 3.8) is 0 Å². The van der Waals surface area contributed by atoms with Gasteiger partial charge in [-0.1, -0.05) is 12.2 Å². The molecule has 2 rings (SSSR count). The Morgan fingerprint density at radius 3 is 3.27 bits per heavy atom. The number of allylic oxidation sites excluding steroid dienone is 2. The van der Waals surface area contributed by atoms with Crippen molar-refractivity contribution in [3.05, 3.63) is 30.4 Å². The lowest BCUT2D eigenvalue weighted by atomic mass is 10.2. The number of aromatic amines is 1. The van der Waals surface area contributed by atoms with Gasteiger partial charge in [0, 0.05) is 17.8 Å². The average molecular weight is 148 g/mol. The van der Waals surface area contributed by atoms with Crippen LogP contribution in [0.4, 0.5) is 0 Å². The second-order valence-corrected chi connectivity index (χ2v) is 3.04. The Kier molecular flexibility index (Phi) is 1.53. The van der Waals surface area contributed by atoms with Crippen LogP contribution in [0.5, 0.6) is 0 Å². The molecule has 1 aromatic heterocycles. The van der Waals surface area contributed by atoms with Crippen LogP contribution in [0.25, 0.3) is 0 Å². The molecular formula is C9H12N2. The number of H-pyrrole nitrogens is 1. The Morgan fingerprint density at radius 2 is 2.64 bits per heavy atom. The molecule has 0 amide bonds. The van der Waals surface area contributed by atoms with Crippen LogP contribution >= 0.6 is 0 Å². The fourth-order valence-corrected chi connectivity index (χ4v) is 1.50. The van der Waals surface area contributed by atoms with Gasteiger partial charge in [-0.15, -0.1) is 0 Å². The van der Waals surface area contributed by atoms with Crippen LogP contribution in [0.2, 0.25) is 0 Å². The zero-order valence-corrected chi connectivity index (χ0v) is 6.62. The van der Waals surface area contributed by atoms with E-state index in [0.717, 1.165) is 5.92 Å². The van der Waals surface area contributed by atoms with E-state index in [-0.39, 0.29) is 0 Å². The molecule has 0 aromatic carbocycles. The van der Waals surface area contributed by atoms with Gasteiger partial charge in [-0.3, -0.25) is 0 Å². The SMILES string of the molecule is C/C=C/C1CC1c1cnc[nH]1. The number of hydrogen-bond acceptors (Lipinski definition) is 1. The molecule has 1 heterocycles. The van der Waals surface area contributed by atoms with Crippen molar-refractivity contribution in [2.75, 3.05) is 0 Å². The molecule has 0 saturated heterocycles. The van der Waals surface area contributed by atoms with Crippen molar-refractivity contribution in [2.45, 2.75) is 19.3 Å². The highest BCUT2D eigenvalue weighted by atomic mass is 14.9. The monoisotopic (exact) mass is 148 g/mol. The van der Waals surface area contributed by atoms with Gasteiger partial charge in [0.05, 0.1) is 6.33 Å². The Labute approximate surface area is 66.4 Å². The third-order valence-corrected chi connectivity index (χ3v) is 2.20. The van der Waals surface area contributed by atoms with Gasteiger partial charge < -0.3 is 4.98 Å². The van der Waals surface area contributed by atoms with Gasteiger partial charge in [0.15, 0.2) is 0 Å². The molecule has 0 bridgehead atoms. The number of imidazole rings is 1. The molecule has 1 aliphatic carbocycles. The Hall–Kier alpha value is -1.05. The van der Waals surface area contributed by atoms with E-state index in [0.29, 0.717) is 5.92 Å². The second-order valence-electron chi connectivity index (χ2n) is 3.04. The maximum atomic E-state index is 4.00. The van der Waals surface area contributed by atoms with Gasteiger partial charge in [-0.2, -0.15) is 0 Å². The van der Waals surface area contributed by atoms with Gasteiger partial charge in [0.25, 0.3) is 0 Å². The van der Waals surface area contributed by atoms with E-state index in [2.05, 4.69) is 29.0 Å². The molecule has 1 aromatic rings. The quantitative estimate of drug-likeness (QED) is 0.639. The highest BCUT2D eigenvalue weighted by molar-refractivity contribution is 5.19. The molecular weight excluding hydrogens is 136 g/mol. The lowest BCUT2D eigenvalue weighted by molar-refractivity contribution is 0.968. The minimum atomic E-state index is 0.716. The van der Waals surface area contributed by atoms with E-state index in [4.69, 9.17) is 0 Å². The molecule has 0 aliphatic heterocycles. The van der Waals surface area contributed by atoms with E-state index in [1.165, 1.54) is 12.1 Å². The van der Waals surface area contributed by atoms with Crippen molar-refractivity contribution in [2.24, 2.45) is 5.92 Å². The number of nitrogens with one attached hydrogen (secondary N) is 1. The number of nitrogens with zero attached hydrogens (tertiary/aromatic N) is 1. The summed E-state index contributed by atoms with van der Waals surface area (Å²) in [5.74, 6) is 1.48. The van der Waals surface area contributed by atoms with E-state index in [9.17, 15) is 0 Å². The Bertz CT molecular complexity index is 249. The minimum absolute atomic E-state index is 0.716. The van der Waals surface area contributed by atoms with Crippen LogP contribution in [0.3, 0.4) is 0 Å². The maximum absolute atomic E-state index is 4.00. The molecule has 2 atom stereocenters. The maximum Gasteiger partial charge on any atom is 0.0921 e. The van der Waals surface area contributed by atoms with Crippen LogP contribution in [-0.2, 0) is 0 Å². The van der Waals surface area contributed by atoms with Crippen molar-refractivity contribution in [1.29, 1.82) is 0 Å². The van der Waals surface area contributed by atoms with Crippen molar-refractivity contribution in [3.8, 4) is 0 Å². The summed E-state index contributed by atoms with van der Waals surface area (Å²) in [6.45, 7) is 2.07. The summed E-state index contributed by atoms with van der Waals surface area (Å²) in [5.41, 5.74) is 1.29. The molecule has 2 nitrogen and oxygen atoms in total. The van der Waals surface area contributed by atoms with Crippen molar-refractivity contribution < 1.29 is 0 Å². The van der Waals surface area contributed by atoms with Gasteiger partial charge in [0.1, 0.15) is 0 Å². The Balaban J connectivity index is 2.02. The fourth-order valence-electron chi connectivity index (χ4n) is 1.50. The van der Waals surface area contributed by atoms with Gasteiger partial charge >= 0.3 is 0 Å². The summed E-state index contributed by atoms with van der Waals surface area (Å²) in [4.78, 5) is 7.14. The molecule has 1 aliphatic rings. The highest BCUT2D eigenvalue weighted by Gasteiger charge is 2.36. The lowest BCUT2D eigenvalue weighted by Crippen LogP contribution is -1.79. The molecule has 0 radical (unpaired) electrons. The van der Waals surface area contributed by atoms with Crippen LogP contribution in [0, 0.1) is 5.92 Å². The number of rotatable bonds is 2. The second kappa shape index (κ2) is 2.53. The van der Waals surface area contributed by atoms with Crippen LogP contribution in [0.15, 0.2) is 24.7 Å². The first-order chi connectivity index (χ1) is 5.42. The molecule has 58 valence electrons. The van der Waals surface area contributed by atoms with Crippen LogP contribution in [-0.4, -0.2) is 9.97 Å². The molecule has 1 fully saturated rings. The van der Waals surface area contributed by atoms with Gasteiger partial charge in [0.2, 0.25) is 0 Å². The summed E-state index contributed by atoms with van der Waals surface area (Å²) in [6.07, 6.45) is 9.35. The molecule has 2 unspecified atom stereocenters. The first-order valence-corrected chi connectivity index (χ1v) is 4.03. The minimum Gasteiger partial charge on any atom is -0.348 e. The van der Waals surface area contributed by atoms with E-state index in [1.54, 1.807) is 6.33 Å². The first-order valence-electron chi connectivity index (χ1n) is 4.03. The molecule has 1 saturated carbocycles. The average Bonchev–Trinajstić information content (AvgIpc) is 2.61. The van der Waals surface area contributed by atoms with E-state index >= 15 is 0 Å². The third kappa shape index (κ3) is 1.20. The largest absolute Gasteiger partial charge is 0.348 e. The number of hydrogen-bond donors (Lipinski definition) is 1. The van der Waals surface area contributed by atoms with Crippen molar-refractivity contribution in [1.82, 2.24) is 9.97 Å². The predicted octanol–water partition coefficient (Wildman–Crippen LogP) is 2.09. The summed E-state index contributed by atoms with van der Waals surface area (Å²) >= 11 is 0. The summed E-state index contributed by atoms with van der Waals surface area (Å²) in [7, 11) is 0. The van der Waals surface area contributed by atoms with Crippen LogP contribution < -0.4 is 0 Å². The molecule has 2 heteroatoms. The molecule has 1 N–H and O–H groups in total. The van der Waals surface area contributed by atoms with E-state index < -0.39 is 0 Å². The summed E-state index contributed by atoms with van der Waals surface area (Å²) < 4.78 is 0. The number of aromatic nitrogens is 2. The standard InChI is InChI=1S/C9H12N2/c1-2-3-7-4-8(7)9-5-10-6-11-9/h2-3,5-8H,4H2,1H3,(H,10,11)/b3-2+. The zero-order chi connectivity index (χ0) is 7.68. The zero-order valence-electron chi connectivity index (χ0n) is 6.62. The molecule has 11 heavy (non-hydrogen) atoms. The Morgan fingerprint density at radius 1 is 1.73 bits per heavy atom. The summed E-state index contributed by atoms with van der Waals surface area (Å²) in [5, 5.41) is 0. The normalized spacial score (nSPS) is 29.5. The fraction of sp³-hybridized carbons (Fsp3) is 0.444. The molecule has 0 spiro atoms. The first kappa shape index (κ1) is 6.65. The van der Waals surface area contributed by atoms with Crippen molar-refractivity contribution >= 4 is 0 Å². The van der Waals surface area contributed by atoms with Crippen LogP contribution in [0.1, 0.15) is 25.0 Å². The van der Waals surface area contributed by atoms with Gasteiger partial charge in [-0.25, -0.2) is 4.98 Å². The highest BCUT2D eigenvalue weighted by Crippen LogP contribution is 2.47.